The molecule has 0 aromatic carbocycles. The number of aliphatic hydroxyl groups is 4. The Morgan fingerprint density at radius 2 is 1.96 bits per heavy atom. The van der Waals surface area contributed by atoms with Gasteiger partial charge in [-0.15, -0.1) is 0 Å². The normalized spacial score (nSPS) is 53.3. The smallest absolute Gasteiger partial charge is 0.334 e. The molecule has 0 spiro atoms. The molecule has 5 aliphatic rings. The molecule has 2 fully saturated rings. The lowest BCUT2D eigenvalue weighted by Gasteiger charge is -2.63. The average molecular weight is 378 g/mol. The Morgan fingerprint density at radius 1 is 1.26 bits per heavy atom. The number of hydrogen-bond donors (Lipinski definition) is 4. The summed E-state index contributed by atoms with van der Waals surface area (Å²) in [7, 11) is 0. The third-order valence-electron chi connectivity index (χ3n) is 8.19. The Kier molecular flexibility index (Phi) is 3.07. The zero-order valence-electron chi connectivity index (χ0n) is 15.7. The van der Waals surface area contributed by atoms with Gasteiger partial charge in [0.05, 0.1) is 11.7 Å². The molecule has 1 saturated carbocycles. The Balaban J connectivity index is 1.72. The molecule has 7 nitrogen and oxygen atoms in total. The second kappa shape index (κ2) is 4.66. The molecule has 0 amide bonds. The molecule has 148 valence electrons. The van der Waals surface area contributed by atoms with Gasteiger partial charge < -0.3 is 29.9 Å². The summed E-state index contributed by atoms with van der Waals surface area (Å²) < 4.78 is 11.3. The molecular weight excluding hydrogens is 352 g/mol. The van der Waals surface area contributed by atoms with Crippen LogP contribution in [0.5, 0.6) is 0 Å². The first-order chi connectivity index (χ1) is 12.4. The first-order valence-electron chi connectivity index (χ1n) is 9.55. The van der Waals surface area contributed by atoms with Crippen molar-refractivity contribution in [2.24, 2.45) is 11.3 Å². The topological polar surface area (TPSA) is 116 Å². The second-order valence-corrected chi connectivity index (χ2v) is 9.57. The molecule has 2 heterocycles. The Labute approximate surface area is 157 Å². The van der Waals surface area contributed by atoms with Crippen LogP contribution in [-0.4, -0.2) is 67.6 Å². The molecule has 2 aliphatic heterocycles. The fraction of sp³-hybridized carbons (Fsp3) is 0.750. The van der Waals surface area contributed by atoms with E-state index >= 15 is 0 Å². The molecule has 0 radical (unpaired) electrons. The first kappa shape index (κ1) is 17.8. The van der Waals surface area contributed by atoms with Crippen LogP contribution >= 0.6 is 0 Å². The number of carbonyl (C=O) groups excluding carboxylic acids is 1. The van der Waals surface area contributed by atoms with E-state index < -0.39 is 40.0 Å². The van der Waals surface area contributed by atoms with Gasteiger partial charge in [-0.05, 0) is 50.7 Å². The monoisotopic (exact) mass is 378 g/mol. The van der Waals surface area contributed by atoms with Crippen LogP contribution in [0, 0.1) is 11.3 Å². The summed E-state index contributed by atoms with van der Waals surface area (Å²) in [5.41, 5.74) is -5.97. The van der Waals surface area contributed by atoms with Crippen molar-refractivity contribution in [2.45, 2.75) is 74.6 Å². The van der Waals surface area contributed by atoms with E-state index in [-0.39, 0.29) is 18.5 Å². The predicted octanol–water partition coefficient (Wildman–Crippen LogP) is -0.0388. The van der Waals surface area contributed by atoms with E-state index in [0.717, 1.165) is 5.57 Å². The molecule has 0 aromatic rings. The lowest BCUT2D eigenvalue weighted by molar-refractivity contribution is -0.268. The maximum Gasteiger partial charge on any atom is 0.334 e. The van der Waals surface area contributed by atoms with Crippen molar-refractivity contribution in [3.63, 3.8) is 0 Å². The fourth-order valence-corrected chi connectivity index (χ4v) is 6.45. The lowest BCUT2D eigenvalue weighted by atomic mass is 9.44. The highest BCUT2D eigenvalue weighted by Gasteiger charge is 2.81. The highest BCUT2D eigenvalue weighted by molar-refractivity contribution is 5.92. The summed E-state index contributed by atoms with van der Waals surface area (Å²) in [6.07, 6.45) is 1.92. The van der Waals surface area contributed by atoms with Crippen molar-refractivity contribution in [1.29, 1.82) is 0 Å². The fourth-order valence-electron chi connectivity index (χ4n) is 6.45. The largest absolute Gasteiger partial charge is 0.458 e. The summed E-state index contributed by atoms with van der Waals surface area (Å²) in [6.45, 7) is 5.12. The van der Waals surface area contributed by atoms with Crippen molar-refractivity contribution < 1.29 is 34.7 Å². The van der Waals surface area contributed by atoms with Crippen LogP contribution in [-0.2, 0) is 14.3 Å². The van der Waals surface area contributed by atoms with Gasteiger partial charge in [0.1, 0.15) is 23.9 Å². The number of fused-ring (bicyclic) bond motifs is 4. The average Bonchev–Trinajstić information content (AvgIpc) is 3.03. The SMILES string of the molecule is CC(C)(O)[C@]12C=C[C@]3(O)[C@@](O)([C@H](C[C@H]4C5=C(CC[C@@]43C)C(=O)OC5)O1)[C@@H]2O. The van der Waals surface area contributed by atoms with Crippen LogP contribution in [0.15, 0.2) is 23.3 Å². The van der Waals surface area contributed by atoms with E-state index in [1.807, 2.05) is 6.92 Å². The second-order valence-electron chi connectivity index (χ2n) is 9.57. The Morgan fingerprint density at radius 3 is 2.63 bits per heavy atom. The number of aliphatic hydroxyl groups excluding tert-OH is 1. The highest BCUT2D eigenvalue weighted by atomic mass is 16.6. The van der Waals surface area contributed by atoms with E-state index in [1.54, 1.807) is 0 Å². The van der Waals surface area contributed by atoms with E-state index in [1.165, 1.54) is 26.0 Å². The molecule has 4 N–H and O–H groups in total. The molecule has 0 unspecified atom stereocenters. The number of hydrogen-bond acceptors (Lipinski definition) is 7. The summed E-state index contributed by atoms with van der Waals surface area (Å²) in [6, 6.07) is 0. The van der Waals surface area contributed by atoms with Crippen molar-refractivity contribution in [2.75, 3.05) is 6.61 Å². The lowest BCUT2D eigenvalue weighted by Crippen LogP contribution is -2.78. The van der Waals surface area contributed by atoms with Gasteiger partial charge >= 0.3 is 5.97 Å². The van der Waals surface area contributed by atoms with Crippen molar-refractivity contribution in [3.8, 4) is 0 Å². The molecule has 5 rings (SSSR count). The third-order valence-corrected chi connectivity index (χ3v) is 8.19. The van der Waals surface area contributed by atoms with Gasteiger partial charge in [0, 0.05) is 11.0 Å². The zero-order chi connectivity index (χ0) is 19.6. The third kappa shape index (κ3) is 1.63. The molecule has 7 heteroatoms. The quantitative estimate of drug-likeness (QED) is 0.374. The van der Waals surface area contributed by atoms with Gasteiger partial charge in [-0.1, -0.05) is 13.0 Å². The molecule has 0 aromatic heterocycles. The summed E-state index contributed by atoms with van der Waals surface area (Å²) in [5.74, 6) is -0.532. The van der Waals surface area contributed by atoms with E-state index in [4.69, 9.17) is 9.47 Å². The highest BCUT2D eigenvalue weighted by Crippen LogP contribution is 2.68. The standard InChI is InChI=1S/C20H26O7/c1-16(2,23)18-6-7-19(24)17(3)5-4-10-11(9-26-14(10)21)12(17)8-13(27-18)20(19,25)15(18)22/h6-7,12-13,15,22-25H,4-5,8-9H2,1-3H3/t12-,13-,15+,17-,18+,19+,20+/m0/s1. The van der Waals surface area contributed by atoms with Gasteiger partial charge in [0.25, 0.3) is 0 Å². The van der Waals surface area contributed by atoms with Crippen LogP contribution in [0.2, 0.25) is 0 Å². The van der Waals surface area contributed by atoms with Gasteiger partial charge in [-0.25, -0.2) is 4.79 Å². The molecule has 2 bridgehead atoms. The Hall–Kier alpha value is -1.25. The van der Waals surface area contributed by atoms with E-state index in [2.05, 4.69) is 0 Å². The van der Waals surface area contributed by atoms with Gasteiger partial charge in [-0.2, -0.15) is 0 Å². The molecular formula is C20H26O7. The minimum Gasteiger partial charge on any atom is -0.458 e. The van der Waals surface area contributed by atoms with Crippen LogP contribution in [0.25, 0.3) is 0 Å². The first-order valence-corrected chi connectivity index (χ1v) is 9.55. The van der Waals surface area contributed by atoms with Crippen molar-refractivity contribution >= 4 is 5.97 Å². The van der Waals surface area contributed by atoms with Crippen molar-refractivity contribution in [3.05, 3.63) is 23.3 Å². The minimum absolute atomic E-state index is 0.193. The number of rotatable bonds is 1. The molecule has 27 heavy (non-hydrogen) atoms. The maximum atomic E-state index is 12.0. The van der Waals surface area contributed by atoms with E-state index in [0.29, 0.717) is 24.8 Å². The number of ether oxygens (including phenoxy) is 2. The van der Waals surface area contributed by atoms with Crippen LogP contribution in [0.1, 0.15) is 40.0 Å². The van der Waals surface area contributed by atoms with Gasteiger partial charge in [0.2, 0.25) is 0 Å². The predicted molar refractivity (Wildman–Crippen MR) is 92.4 cm³/mol. The number of esters is 1. The van der Waals surface area contributed by atoms with Crippen LogP contribution in [0.3, 0.4) is 0 Å². The molecule has 1 saturated heterocycles. The van der Waals surface area contributed by atoms with Gasteiger partial charge in [-0.3, -0.25) is 0 Å². The summed E-state index contributed by atoms with van der Waals surface area (Å²) in [5, 5.41) is 45.3. The number of cyclic esters (lactones) is 1. The summed E-state index contributed by atoms with van der Waals surface area (Å²) in [4.78, 5) is 12.0. The van der Waals surface area contributed by atoms with Crippen LogP contribution < -0.4 is 0 Å². The molecule has 3 aliphatic carbocycles. The number of carbonyl (C=O) groups is 1. The van der Waals surface area contributed by atoms with Crippen LogP contribution in [0.4, 0.5) is 0 Å². The molecule has 7 atom stereocenters. The summed E-state index contributed by atoms with van der Waals surface area (Å²) >= 11 is 0. The van der Waals surface area contributed by atoms with Gasteiger partial charge in [0.15, 0.2) is 5.60 Å². The zero-order valence-corrected chi connectivity index (χ0v) is 15.7. The minimum atomic E-state index is -1.95. The Bertz CT molecular complexity index is 810. The van der Waals surface area contributed by atoms with Crippen molar-refractivity contribution in [1.82, 2.24) is 0 Å². The van der Waals surface area contributed by atoms with E-state index in [9.17, 15) is 25.2 Å². The maximum absolute atomic E-state index is 12.0.